The van der Waals surface area contributed by atoms with Crippen molar-refractivity contribution in [1.29, 1.82) is 0 Å². The predicted octanol–water partition coefficient (Wildman–Crippen LogP) is 2.36. The van der Waals surface area contributed by atoms with Gasteiger partial charge in [0.15, 0.2) is 0 Å². The van der Waals surface area contributed by atoms with E-state index in [0.717, 1.165) is 37.2 Å². The van der Waals surface area contributed by atoms with E-state index in [9.17, 15) is 9.90 Å². The van der Waals surface area contributed by atoms with Crippen molar-refractivity contribution in [2.45, 2.75) is 43.2 Å². The van der Waals surface area contributed by atoms with Gasteiger partial charge in [-0.15, -0.1) is 0 Å². The van der Waals surface area contributed by atoms with E-state index in [1.54, 1.807) is 0 Å². The Morgan fingerprint density at radius 3 is 3.00 bits per heavy atom. The van der Waals surface area contributed by atoms with E-state index in [4.69, 9.17) is 9.73 Å². The first-order chi connectivity index (χ1) is 12.5. The van der Waals surface area contributed by atoms with Gasteiger partial charge in [0.1, 0.15) is 0 Å². The van der Waals surface area contributed by atoms with Crippen LogP contribution in [-0.4, -0.2) is 53.5 Å². The molecule has 1 aromatic rings. The monoisotopic (exact) mass is 352 g/mol. The third kappa shape index (κ3) is 1.64. The average Bonchev–Trinajstić information content (AvgIpc) is 3.23. The van der Waals surface area contributed by atoms with E-state index in [1.165, 1.54) is 7.11 Å². The van der Waals surface area contributed by atoms with Gasteiger partial charge in [-0.05, 0) is 24.5 Å². The number of hydrogen-bond donors (Lipinski definition) is 1. The predicted molar refractivity (Wildman–Crippen MR) is 98.6 cm³/mol. The van der Waals surface area contributed by atoms with Crippen LogP contribution in [0.3, 0.4) is 0 Å². The van der Waals surface area contributed by atoms with Crippen LogP contribution in [0.4, 0.5) is 5.69 Å². The van der Waals surface area contributed by atoms with Crippen LogP contribution in [-0.2, 0) is 14.9 Å². The first-order valence-corrected chi connectivity index (χ1v) is 9.43. The average molecular weight is 352 g/mol. The van der Waals surface area contributed by atoms with Crippen molar-refractivity contribution in [3.8, 4) is 0 Å². The lowest BCUT2D eigenvalue weighted by Gasteiger charge is -2.57. The van der Waals surface area contributed by atoms with Crippen molar-refractivity contribution in [2.75, 3.05) is 20.2 Å². The highest BCUT2D eigenvalue weighted by Crippen LogP contribution is 2.63. The highest BCUT2D eigenvalue weighted by molar-refractivity contribution is 6.19. The summed E-state index contributed by atoms with van der Waals surface area (Å²) in [5, 5.41) is 11.7. The Balaban J connectivity index is 1.83. The number of carbonyl (C=O) groups excluding carboxylic acids is 1. The van der Waals surface area contributed by atoms with E-state index in [-0.39, 0.29) is 11.5 Å². The maximum Gasteiger partial charge on any atom is 0.343 e. The summed E-state index contributed by atoms with van der Waals surface area (Å²) >= 11 is 0. The number of esters is 1. The van der Waals surface area contributed by atoms with Crippen LogP contribution in [0.25, 0.3) is 0 Å². The summed E-state index contributed by atoms with van der Waals surface area (Å²) in [6, 6.07) is 8.33. The van der Waals surface area contributed by atoms with Crippen LogP contribution < -0.4 is 0 Å². The zero-order valence-corrected chi connectivity index (χ0v) is 15.2. The van der Waals surface area contributed by atoms with Gasteiger partial charge in [-0.3, -0.25) is 9.89 Å². The number of aliphatic hydroxyl groups is 1. The quantitative estimate of drug-likeness (QED) is 0.656. The van der Waals surface area contributed by atoms with E-state index in [0.29, 0.717) is 12.1 Å². The highest BCUT2D eigenvalue weighted by Gasteiger charge is 2.72. The Bertz CT molecular complexity index is 863. The summed E-state index contributed by atoms with van der Waals surface area (Å²) < 4.78 is 5.06. The number of para-hydroxylation sites is 1. The molecule has 2 fully saturated rings. The number of fused-ring (bicyclic) bond motifs is 1. The molecule has 0 amide bonds. The molecule has 5 heteroatoms. The lowest BCUT2D eigenvalue weighted by Crippen LogP contribution is -2.70. The summed E-state index contributed by atoms with van der Waals surface area (Å²) in [5.74, 6) is -0.591. The van der Waals surface area contributed by atoms with Gasteiger partial charge in [-0.2, -0.15) is 0 Å². The second-order valence-electron chi connectivity index (χ2n) is 8.11. The number of carbonyl (C=O) groups is 1. The molecule has 0 aromatic heterocycles. The lowest BCUT2D eigenvalue weighted by molar-refractivity contribution is -0.160. The van der Waals surface area contributed by atoms with Crippen molar-refractivity contribution in [3.05, 3.63) is 42.0 Å². The standard InChI is InChI=1S/C21H24N2O3/c1-3-19-9-6-11-23-12-10-20(17(19)23)14-7-4-5-8-15(14)22-16(20)21(25,13-19)18(24)26-2/h4-9,17,25H,3,10-13H2,1-2H3/t17-,19-,20-,21+/m0/s1. The summed E-state index contributed by atoms with van der Waals surface area (Å²) in [5.41, 5.74) is 0.265. The molecule has 3 aliphatic heterocycles. The molecular formula is C21H24N2O3. The molecule has 136 valence electrons. The molecular weight excluding hydrogens is 328 g/mol. The van der Waals surface area contributed by atoms with Crippen molar-refractivity contribution < 1.29 is 14.6 Å². The third-order valence-corrected chi connectivity index (χ3v) is 7.16. The van der Waals surface area contributed by atoms with Gasteiger partial charge in [-0.1, -0.05) is 37.3 Å². The topological polar surface area (TPSA) is 62.1 Å². The fraction of sp³-hybridized carbons (Fsp3) is 0.524. The minimum Gasteiger partial charge on any atom is -0.467 e. The SMILES string of the molecule is CC[C@]12C=CCN3CC[C@]4(C(=Nc5ccccc54)[C@@](O)(C(=O)OC)C1)[C@@H]32. The number of benzene rings is 1. The first-order valence-electron chi connectivity index (χ1n) is 9.43. The zero-order chi connectivity index (χ0) is 18.2. The summed E-state index contributed by atoms with van der Waals surface area (Å²) in [6.07, 6.45) is 6.50. The second-order valence-corrected chi connectivity index (χ2v) is 8.11. The number of methoxy groups -OCH3 is 1. The van der Waals surface area contributed by atoms with Crippen LogP contribution in [0, 0.1) is 5.41 Å². The summed E-state index contributed by atoms with van der Waals surface area (Å²) in [4.78, 5) is 20.1. The van der Waals surface area contributed by atoms with E-state index >= 15 is 0 Å². The van der Waals surface area contributed by atoms with Crippen molar-refractivity contribution in [2.24, 2.45) is 10.4 Å². The van der Waals surface area contributed by atoms with Crippen molar-refractivity contribution >= 4 is 17.4 Å². The molecule has 1 saturated heterocycles. The molecule has 1 spiro atoms. The Morgan fingerprint density at radius 1 is 1.42 bits per heavy atom. The second kappa shape index (κ2) is 5.05. The Labute approximate surface area is 153 Å². The van der Waals surface area contributed by atoms with Crippen molar-refractivity contribution in [1.82, 2.24) is 4.90 Å². The summed E-state index contributed by atoms with van der Waals surface area (Å²) in [7, 11) is 1.35. The normalized spacial score (nSPS) is 39.8. The molecule has 5 rings (SSSR count). The van der Waals surface area contributed by atoms with Gasteiger partial charge in [0, 0.05) is 31.0 Å². The van der Waals surface area contributed by atoms with Gasteiger partial charge in [0.05, 0.1) is 23.9 Å². The summed E-state index contributed by atoms with van der Waals surface area (Å²) in [6.45, 7) is 4.02. The van der Waals surface area contributed by atoms with Crippen LogP contribution in [0.15, 0.2) is 41.4 Å². The molecule has 1 N–H and O–H groups in total. The minimum atomic E-state index is -1.68. The third-order valence-electron chi connectivity index (χ3n) is 7.16. The zero-order valence-electron chi connectivity index (χ0n) is 15.2. The molecule has 1 saturated carbocycles. The first kappa shape index (κ1) is 16.2. The number of rotatable bonds is 2. The number of ether oxygens (including phenoxy) is 1. The van der Waals surface area contributed by atoms with Crippen LogP contribution in [0.2, 0.25) is 0 Å². The van der Waals surface area contributed by atoms with Gasteiger partial charge >= 0.3 is 5.97 Å². The minimum absolute atomic E-state index is 0.220. The maximum atomic E-state index is 12.8. The Kier molecular flexibility index (Phi) is 3.15. The van der Waals surface area contributed by atoms with E-state index in [2.05, 4.69) is 30.0 Å². The molecule has 26 heavy (non-hydrogen) atoms. The molecule has 5 nitrogen and oxygen atoms in total. The van der Waals surface area contributed by atoms with Crippen LogP contribution in [0.5, 0.6) is 0 Å². The highest BCUT2D eigenvalue weighted by atomic mass is 16.5. The van der Waals surface area contributed by atoms with E-state index in [1.807, 2.05) is 18.2 Å². The van der Waals surface area contributed by atoms with E-state index < -0.39 is 17.0 Å². The number of nitrogens with zero attached hydrogens (tertiary/aromatic N) is 2. The number of hydrogen-bond acceptors (Lipinski definition) is 5. The largest absolute Gasteiger partial charge is 0.467 e. The molecule has 0 unspecified atom stereocenters. The molecule has 4 aliphatic rings. The fourth-order valence-electron chi connectivity index (χ4n) is 6.24. The van der Waals surface area contributed by atoms with Gasteiger partial charge in [0.25, 0.3) is 0 Å². The maximum absolute atomic E-state index is 12.8. The fourth-order valence-corrected chi connectivity index (χ4v) is 6.24. The van der Waals surface area contributed by atoms with Gasteiger partial charge in [-0.25, -0.2) is 4.79 Å². The molecule has 1 aromatic carbocycles. The molecule has 3 heterocycles. The Morgan fingerprint density at radius 2 is 2.23 bits per heavy atom. The molecule has 4 atom stereocenters. The number of aliphatic imine (C=N–C) groups is 1. The van der Waals surface area contributed by atoms with Crippen LogP contribution >= 0.6 is 0 Å². The van der Waals surface area contributed by atoms with Gasteiger partial charge in [0.2, 0.25) is 5.60 Å². The van der Waals surface area contributed by atoms with Gasteiger partial charge < -0.3 is 9.84 Å². The van der Waals surface area contributed by atoms with Crippen LogP contribution in [0.1, 0.15) is 31.7 Å². The molecule has 1 aliphatic carbocycles. The lowest BCUT2D eigenvalue weighted by atomic mass is 9.50. The smallest absolute Gasteiger partial charge is 0.343 e. The Hall–Kier alpha value is -1.98. The molecule has 0 radical (unpaired) electrons. The van der Waals surface area contributed by atoms with Crippen molar-refractivity contribution in [3.63, 3.8) is 0 Å². The molecule has 0 bridgehead atoms.